The Labute approximate surface area is 152 Å². The van der Waals surface area contributed by atoms with Gasteiger partial charge >= 0.3 is 0 Å². The van der Waals surface area contributed by atoms with Crippen molar-refractivity contribution in [2.45, 2.75) is 0 Å². The molecule has 4 nitrogen and oxygen atoms in total. The molecule has 3 aromatic carbocycles. The molecule has 26 heavy (non-hydrogen) atoms. The smallest absolute Gasteiger partial charge is 0.193 e. The van der Waals surface area contributed by atoms with Crippen LogP contribution in [0, 0.1) is 0 Å². The second kappa shape index (κ2) is 7.66. The van der Waals surface area contributed by atoms with Gasteiger partial charge in [-0.2, -0.15) is 0 Å². The van der Waals surface area contributed by atoms with E-state index in [1.165, 1.54) is 7.11 Å². The van der Waals surface area contributed by atoms with Crippen LogP contribution in [0.2, 0.25) is 0 Å². The molecule has 0 aliphatic carbocycles. The Kier molecular flexibility index (Phi) is 5.13. The van der Waals surface area contributed by atoms with E-state index in [0.29, 0.717) is 33.8 Å². The number of hydrogen-bond acceptors (Lipinski definition) is 4. The van der Waals surface area contributed by atoms with Gasteiger partial charge in [-0.3, -0.25) is 9.59 Å². The highest BCUT2D eigenvalue weighted by Gasteiger charge is 2.20. The fraction of sp³-hybridized carbons (Fsp3) is 0.0909. The van der Waals surface area contributed by atoms with Crippen molar-refractivity contribution in [1.82, 2.24) is 0 Å². The summed E-state index contributed by atoms with van der Waals surface area (Å²) in [6, 6.07) is 20.6. The molecule has 130 valence electrons. The maximum atomic E-state index is 13.0. The predicted octanol–water partition coefficient (Wildman–Crippen LogP) is 4.17. The third-order valence-corrected chi connectivity index (χ3v) is 4.10. The van der Waals surface area contributed by atoms with E-state index < -0.39 is 0 Å². The van der Waals surface area contributed by atoms with Gasteiger partial charge in [0.15, 0.2) is 11.6 Å². The Morgan fingerprint density at radius 2 is 1.15 bits per heavy atom. The maximum absolute atomic E-state index is 13.0. The lowest BCUT2D eigenvalue weighted by atomic mass is 9.93. The van der Waals surface area contributed by atoms with E-state index in [-0.39, 0.29) is 11.6 Å². The third-order valence-electron chi connectivity index (χ3n) is 4.10. The van der Waals surface area contributed by atoms with Crippen LogP contribution in [-0.2, 0) is 0 Å². The molecule has 0 N–H and O–H groups in total. The first-order valence-corrected chi connectivity index (χ1v) is 8.10. The van der Waals surface area contributed by atoms with Crippen molar-refractivity contribution < 1.29 is 19.1 Å². The second-order valence-electron chi connectivity index (χ2n) is 5.66. The summed E-state index contributed by atoms with van der Waals surface area (Å²) >= 11 is 0. The van der Waals surface area contributed by atoms with Gasteiger partial charge in [0.1, 0.15) is 11.5 Å². The quantitative estimate of drug-likeness (QED) is 0.629. The van der Waals surface area contributed by atoms with Crippen LogP contribution < -0.4 is 9.47 Å². The van der Waals surface area contributed by atoms with Crippen LogP contribution in [0.3, 0.4) is 0 Å². The minimum absolute atomic E-state index is 0.221. The molecule has 3 aromatic rings. The molecule has 0 unspecified atom stereocenters. The minimum Gasteiger partial charge on any atom is -0.497 e. The van der Waals surface area contributed by atoms with Crippen molar-refractivity contribution in [3.63, 3.8) is 0 Å². The molecule has 4 heteroatoms. The van der Waals surface area contributed by atoms with Crippen LogP contribution in [0.15, 0.2) is 72.8 Å². The standard InChI is InChI=1S/C22H18O4/c1-25-17-10-8-16(9-11-17)21(23)19-13-12-18(26-2)14-20(19)22(24)15-6-4-3-5-7-15/h3-14H,1-2H3. The first-order chi connectivity index (χ1) is 12.6. The second-order valence-corrected chi connectivity index (χ2v) is 5.66. The molecule has 0 aromatic heterocycles. The Bertz CT molecular complexity index is 928. The van der Waals surface area contributed by atoms with Crippen molar-refractivity contribution in [2.24, 2.45) is 0 Å². The van der Waals surface area contributed by atoms with Crippen LogP contribution >= 0.6 is 0 Å². The van der Waals surface area contributed by atoms with Crippen molar-refractivity contribution in [3.8, 4) is 11.5 Å². The lowest BCUT2D eigenvalue weighted by Gasteiger charge is -2.11. The van der Waals surface area contributed by atoms with E-state index in [1.54, 1.807) is 73.8 Å². The molecule has 0 fully saturated rings. The van der Waals surface area contributed by atoms with Gasteiger partial charge in [0.2, 0.25) is 0 Å². The molecule has 0 amide bonds. The van der Waals surface area contributed by atoms with Crippen LogP contribution in [-0.4, -0.2) is 25.8 Å². The Morgan fingerprint density at radius 1 is 0.615 bits per heavy atom. The molecular formula is C22H18O4. The molecule has 0 atom stereocenters. The zero-order valence-corrected chi connectivity index (χ0v) is 14.6. The van der Waals surface area contributed by atoms with Gasteiger partial charge < -0.3 is 9.47 Å². The topological polar surface area (TPSA) is 52.6 Å². The van der Waals surface area contributed by atoms with Gasteiger partial charge in [0, 0.05) is 22.3 Å². The van der Waals surface area contributed by atoms with Crippen LogP contribution in [0.5, 0.6) is 11.5 Å². The highest BCUT2D eigenvalue weighted by molar-refractivity contribution is 6.19. The highest BCUT2D eigenvalue weighted by atomic mass is 16.5. The first kappa shape index (κ1) is 17.4. The first-order valence-electron chi connectivity index (χ1n) is 8.10. The number of ether oxygens (including phenoxy) is 2. The minimum atomic E-state index is -0.227. The lowest BCUT2D eigenvalue weighted by Crippen LogP contribution is -2.11. The monoisotopic (exact) mass is 346 g/mol. The number of benzene rings is 3. The van der Waals surface area contributed by atoms with E-state index in [2.05, 4.69) is 0 Å². The largest absolute Gasteiger partial charge is 0.497 e. The predicted molar refractivity (Wildman–Crippen MR) is 99.3 cm³/mol. The summed E-state index contributed by atoms with van der Waals surface area (Å²) in [5.41, 5.74) is 1.66. The molecule has 0 aliphatic heterocycles. The SMILES string of the molecule is COc1ccc(C(=O)c2ccc(OC)cc2C(=O)c2ccccc2)cc1. The Hall–Kier alpha value is -3.40. The molecule has 0 radical (unpaired) electrons. The van der Waals surface area contributed by atoms with Gasteiger partial charge in [-0.25, -0.2) is 0 Å². The van der Waals surface area contributed by atoms with Gasteiger partial charge in [-0.1, -0.05) is 30.3 Å². The summed E-state index contributed by atoms with van der Waals surface area (Å²) in [6.07, 6.45) is 0. The number of hydrogen-bond donors (Lipinski definition) is 0. The molecule has 0 saturated carbocycles. The summed E-state index contributed by atoms with van der Waals surface area (Å²) in [7, 11) is 3.09. The van der Waals surface area contributed by atoms with E-state index in [4.69, 9.17) is 9.47 Å². The fourth-order valence-electron chi connectivity index (χ4n) is 2.68. The van der Waals surface area contributed by atoms with Gasteiger partial charge in [0.25, 0.3) is 0 Å². The van der Waals surface area contributed by atoms with Crippen molar-refractivity contribution in [1.29, 1.82) is 0 Å². The van der Waals surface area contributed by atoms with E-state index in [1.807, 2.05) is 6.07 Å². The molecule has 0 heterocycles. The normalized spacial score (nSPS) is 10.2. The van der Waals surface area contributed by atoms with Crippen molar-refractivity contribution >= 4 is 11.6 Å². The van der Waals surface area contributed by atoms with Crippen molar-refractivity contribution in [3.05, 3.63) is 95.1 Å². The van der Waals surface area contributed by atoms with E-state index in [9.17, 15) is 9.59 Å². The molecule has 0 saturated heterocycles. The van der Waals surface area contributed by atoms with Crippen LogP contribution in [0.1, 0.15) is 31.8 Å². The van der Waals surface area contributed by atoms with Gasteiger partial charge in [-0.05, 0) is 42.5 Å². The van der Waals surface area contributed by atoms with Crippen LogP contribution in [0.25, 0.3) is 0 Å². The average Bonchev–Trinajstić information content (AvgIpc) is 2.73. The van der Waals surface area contributed by atoms with E-state index >= 15 is 0 Å². The molecule has 0 spiro atoms. The molecule has 0 bridgehead atoms. The molecule has 3 rings (SSSR count). The maximum Gasteiger partial charge on any atom is 0.193 e. The highest BCUT2D eigenvalue weighted by Crippen LogP contribution is 2.24. The number of methoxy groups -OCH3 is 2. The van der Waals surface area contributed by atoms with E-state index in [0.717, 1.165) is 0 Å². The molecule has 0 aliphatic rings. The average molecular weight is 346 g/mol. The third kappa shape index (κ3) is 3.49. The summed E-state index contributed by atoms with van der Waals surface area (Å²) in [6.45, 7) is 0. The summed E-state index contributed by atoms with van der Waals surface area (Å²) in [4.78, 5) is 25.9. The van der Waals surface area contributed by atoms with Crippen LogP contribution in [0.4, 0.5) is 0 Å². The number of carbonyl (C=O) groups is 2. The Balaban J connectivity index is 2.06. The lowest BCUT2D eigenvalue weighted by molar-refractivity contribution is 0.100. The van der Waals surface area contributed by atoms with Gasteiger partial charge in [-0.15, -0.1) is 0 Å². The Morgan fingerprint density at radius 3 is 1.77 bits per heavy atom. The number of carbonyl (C=O) groups excluding carboxylic acids is 2. The fourth-order valence-corrected chi connectivity index (χ4v) is 2.68. The summed E-state index contributed by atoms with van der Waals surface area (Å²) in [5, 5.41) is 0. The summed E-state index contributed by atoms with van der Waals surface area (Å²) < 4.78 is 10.4. The number of ketones is 2. The zero-order valence-electron chi connectivity index (χ0n) is 14.6. The number of rotatable bonds is 6. The summed E-state index contributed by atoms with van der Waals surface area (Å²) in [5.74, 6) is 0.739. The van der Waals surface area contributed by atoms with Crippen molar-refractivity contribution in [2.75, 3.05) is 14.2 Å². The van der Waals surface area contributed by atoms with Gasteiger partial charge in [0.05, 0.1) is 14.2 Å². The molecular weight excluding hydrogens is 328 g/mol. The zero-order chi connectivity index (χ0) is 18.5.